The van der Waals surface area contributed by atoms with Crippen molar-refractivity contribution in [1.82, 2.24) is 0 Å². The Kier molecular flexibility index (Phi) is 9.78. The summed E-state index contributed by atoms with van der Waals surface area (Å²) < 4.78 is 0. The molecule has 0 spiro atoms. The maximum absolute atomic E-state index is 2.55. The molecule has 0 fully saturated rings. The molecule has 0 bridgehead atoms. The molecule has 0 N–H and O–H groups in total. The molecule has 0 saturated carbocycles. The molecular formula is C68H50N2. The number of hydrogen-bond donors (Lipinski definition) is 0. The van der Waals surface area contributed by atoms with Gasteiger partial charge >= 0.3 is 0 Å². The van der Waals surface area contributed by atoms with Crippen LogP contribution in [0, 0.1) is 0 Å². The SMILES string of the molecule is CC1(C)c2ccccc2-c2ccc(N(c3ccccc3)c3c4c(cc5ccccc35)C(c3ccccc3)(c3ccccc3)c3cc(N(c5ccccc5)c5ccc(-c6ccccc6)cc5)ccc3-4)cc21. The zero-order valence-corrected chi connectivity index (χ0v) is 39.3. The standard InChI is InChI=1S/C68H50N2/c1-67(2)61-35-21-20-34-58(61)59-42-40-56(45-62(59)67)70(53-31-16-7-17-32-53)66-57-33-19-18-24-49(57)44-64-65(66)60-43-41-55(46-63(60)68(64,50-25-10-4-11-26-50)51-27-12-5-13-28-51)69(52-29-14-6-15-30-52)54-38-36-48(37-39-54)47-22-8-3-9-23-47/h3-46H,1-2H3. The number of fused-ring (bicyclic) bond motifs is 7. The van der Waals surface area contributed by atoms with Crippen LogP contribution in [0.2, 0.25) is 0 Å². The lowest BCUT2D eigenvalue weighted by Gasteiger charge is -2.36. The number of rotatable bonds is 9. The Morgan fingerprint density at radius 3 is 1.41 bits per heavy atom. The maximum Gasteiger partial charge on any atom is 0.0715 e. The molecule has 0 aromatic heterocycles. The van der Waals surface area contributed by atoms with Gasteiger partial charge in [-0.1, -0.05) is 214 Å². The van der Waals surface area contributed by atoms with Crippen LogP contribution in [-0.2, 0) is 10.8 Å². The average Bonchev–Trinajstić information content (AvgIpc) is 3.84. The highest BCUT2D eigenvalue weighted by Crippen LogP contribution is 2.62. The van der Waals surface area contributed by atoms with Crippen LogP contribution in [0.5, 0.6) is 0 Å². The summed E-state index contributed by atoms with van der Waals surface area (Å²) in [6, 6.07) is 98.7. The van der Waals surface area contributed by atoms with Gasteiger partial charge < -0.3 is 9.80 Å². The van der Waals surface area contributed by atoms with Crippen LogP contribution in [0.4, 0.5) is 34.1 Å². The minimum Gasteiger partial charge on any atom is -0.310 e. The summed E-state index contributed by atoms with van der Waals surface area (Å²) >= 11 is 0. The fraction of sp³-hybridized carbons (Fsp3) is 0.0588. The van der Waals surface area contributed by atoms with Crippen LogP contribution >= 0.6 is 0 Å². The maximum atomic E-state index is 2.55. The van der Waals surface area contributed by atoms with E-state index in [9.17, 15) is 0 Å². The highest BCUT2D eigenvalue weighted by atomic mass is 15.2. The summed E-state index contributed by atoms with van der Waals surface area (Å²) in [6.45, 7) is 4.75. The molecule has 2 nitrogen and oxygen atoms in total. The van der Waals surface area contributed by atoms with Crippen molar-refractivity contribution in [3.8, 4) is 33.4 Å². The third-order valence-corrected chi connectivity index (χ3v) is 15.1. The predicted molar refractivity (Wildman–Crippen MR) is 294 cm³/mol. The lowest BCUT2D eigenvalue weighted by Crippen LogP contribution is -2.29. The van der Waals surface area contributed by atoms with Crippen molar-refractivity contribution < 1.29 is 0 Å². The first kappa shape index (κ1) is 41.5. The third-order valence-electron chi connectivity index (χ3n) is 15.1. The van der Waals surface area contributed by atoms with Crippen molar-refractivity contribution >= 4 is 44.9 Å². The molecule has 0 heterocycles. The van der Waals surface area contributed by atoms with Crippen molar-refractivity contribution in [3.63, 3.8) is 0 Å². The first-order valence-electron chi connectivity index (χ1n) is 24.4. The van der Waals surface area contributed by atoms with E-state index < -0.39 is 5.41 Å². The molecule has 0 unspecified atom stereocenters. The van der Waals surface area contributed by atoms with Crippen molar-refractivity contribution in [2.45, 2.75) is 24.7 Å². The summed E-state index contributed by atoms with van der Waals surface area (Å²) in [4.78, 5) is 4.96. The summed E-state index contributed by atoms with van der Waals surface area (Å²) in [5.41, 5.74) is 21.0. The topological polar surface area (TPSA) is 6.48 Å². The Bertz CT molecular complexity index is 3670. The van der Waals surface area contributed by atoms with E-state index in [0.29, 0.717) is 0 Å². The molecular weight excluding hydrogens is 845 g/mol. The number of nitrogens with zero attached hydrogens (tertiary/aromatic N) is 2. The van der Waals surface area contributed by atoms with E-state index in [0.717, 1.165) is 28.4 Å². The predicted octanol–water partition coefficient (Wildman–Crippen LogP) is 18.1. The first-order chi connectivity index (χ1) is 34.5. The largest absolute Gasteiger partial charge is 0.310 e. The number of anilines is 6. The number of benzene rings is 11. The van der Waals surface area contributed by atoms with Gasteiger partial charge in [-0.2, -0.15) is 0 Å². The number of hydrogen-bond acceptors (Lipinski definition) is 2. The lowest BCUT2D eigenvalue weighted by molar-refractivity contribution is 0.660. The molecule has 11 aromatic carbocycles. The molecule has 0 amide bonds. The summed E-state index contributed by atoms with van der Waals surface area (Å²) in [5, 5.41) is 2.39. The fourth-order valence-corrected chi connectivity index (χ4v) is 11.9. The Morgan fingerprint density at radius 2 is 0.757 bits per heavy atom. The van der Waals surface area contributed by atoms with Crippen molar-refractivity contribution in [2.24, 2.45) is 0 Å². The molecule has 70 heavy (non-hydrogen) atoms. The van der Waals surface area contributed by atoms with Crippen LogP contribution in [0.15, 0.2) is 267 Å². The third kappa shape index (κ3) is 6.41. The normalized spacial score (nSPS) is 13.5. The second kappa shape index (κ2) is 16.5. The Labute approximate surface area is 411 Å². The Hall–Kier alpha value is -8.72. The second-order valence-corrected chi connectivity index (χ2v) is 19.2. The Morgan fingerprint density at radius 1 is 0.300 bits per heavy atom. The molecule has 0 aliphatic heterocycles. The van der Waals surface area contributed by atoms with Crippen molar-refractivity contribution in [1.29, 1.82) is 0 Å². The highest BCUT2D eigenvalue weighted by Gasteiger charge is 2.49. The van der Waals surface area contributed by atoms with E-state index in [4.69, 9.17) is 0 Å². The van der Waals surface area contributed by atoms with Gasteiger partial charge in [0.2, 0.25) is 0 Å². The zero-order chi connectivity index (χ0) is 46.8. The van der Waals surface area contributed by atoms with E-state index in [1.165, 1.54) is 83.2 Å². The van der Waals surface area contributed by atoms with E-state index in [2.05, 4.69) is 291 Å². The van der Waals surface area contributed by atoms with Crippen LogP contribution in [0.3, 0.4) is 0 Å². The molecule has 2 aliphatic carbocycles. The van der Waals surface area contributed by atoms with Gasteiger partial charge in [-0.05, 0) is 133 Å². The smallest absolute Gasteiger partial charge is 0.0715 e. The van der Waals surface area contributed by atoms with Gasteiger partial charge in [-0.15, -0.1) is 0 Å². The van der Waals surface area contributed by atoms with Gasteiger partial charge in [0.05, 0.1) is 11.1 Å². The quantitative estimate of drug-likeness (QED) is 0.142. The Balaban J connectivity index is 1.12. The zero-order valence-electron chi connectivity index (χ0n) is 39.3. The van der Waals surface area contributed by atoms with Crippen molar-refractivity contribution in [2.75, 3.05) is 9.80 Å². The fourth-order valence-electron chi connectivity index (χ4n) is 11.9. The molecule has 0 radical (unpaired) electrons. The van der Waals surface area contributed by atoms with Gasteiger partial charge in [0.25, 0.3) is 0 Å². The average molecular weight is 895 g/mol. The van der Waals surface area contributed by atoms with Crippen molar-refractivity contribution in [3.05, 3.63) is 300 Å². The van der Waals surface area contributed by atoms with Crippen LogP contribution < -0.4 is 9.80 Å². The summed E-state index contributed by atoms with van der Waals surface area (Å²) in [5.74, 6) is 0. The number of para-hydroxylation sites is 2. The monoisotopic (exact) mass is 894 g/mol. The lowest BCUT2D eigenvalue weighted by atomic mass is 9.67. The van der Waals surface area contributed by atoms with E-state index in [1.807, 2.05) is 0 Å². The van der Waals surface area contributed by atoms with E-state index >= 15 is 0 Å². The van der Waals surface area contributed by atoms with Gasteiger partial charge in [-0.3, -0.25) is 0 Å². The molecule has 0 atom stereocenters. The molecule has 11 aromatic rings. The summed E-state index contributed by atoms with van der Waals surface area (Å²) in [7, 11) is 0. The molecule has 0 saturated heterocycles. The molecule has 2 heteroatoms. The van der Waals surface area contributed by atoms with Crippen LogP contribution in [0.25, 0.3) is 44.2 Å². The van der Waals surface area contributed by atoms with E-state index in [-0.39, 0.29) is 5.41 Å². The van der Waals surface area contributed by atoms with Crippen LogP contribution in [-0.4, -0.2) is 0 Å². The highest BCUT2D eigenvalue weighted by molar-refractivity contribution is 6.11. The van der Waals surface area contributed by atoms with Gasteiger partial charge in [0.15, 0.2) is 0 Å². The van der Waals surface area contributed by atoms with Crippen LogP contribution in [0.1, 0.15) is 47.2 Å². The first-order valence-corrected chi connectivity index (χ1v) is 24.4. The molecule has 13 rings (SSSR count). The van der Waals surface area contributed by atoms with Gasteiger partial charge in [0.1, 0.15) is 0 Å². The second-order valence-electron chi connectivity index (χ2n) is 19.2. The van der Waals surface area contributed by atoms with Gasteiger partial charge in [-0.25, -0.2) is 0 Å². The minimum absolute atomic E-state index is 0.170. The van der Waals surface area contributed by atoms with Gasteiger partial charge in [0, 0.05) is 44.8 Å². The molecule has 2 aliphatic rings. The van der Waals surface area contributed by atoms with E-state index in [1.54, 1.807) is 0 Å². The minimum atomic E-state index is -0.689. The molecule has 332 valence electrons. The summed E-state index contributed by atoms with van der Waals surface area (Å²) in [6.07, 6.45) is 0.